The maximum absolute atomic E-state index is 13.1. The molecule has 1 aromatic carbocycles. The van der Waals surface area contributed by atoms with Gasteiger partial charge in [0.2, 0.25) is 0 Å². The maximum Gasteiger partial charge on any atom is 0.141 e. The molecule has 19 heavy (non-hydrogen) atoms. The number of benzene rings is 1. The van der Waals surface area contributed by atoms with E-state index in [0.717, 1.165) is 5.56 Å². The Kier molecular flexibility index (Phi) is 7.40. The second-order valence-electron chi connectivity index (χ2n) is 5.31. The Morgan fingerprint density at radius 2 is 1.95 bits per heavy atom. The van der Waals surface area contributed by atoms with Crippen molar-refractivity contribution in [2.24, 2.45) is 0 Å². The molecule has 2 atom stereocenters. The van der Waals surface area contributed by atoms with Gasteiger partial charge in [0.05, 0.1) is 5.02 Å². The van der Waals surface area contributed by atoms with Gasteiger partial charge in [-0.1, -0.05) is 50.3 Å². The van der Waals surface area contributed by atoms with E-state index in [0.29, 0.717) is 6.04 Å². The smallest absolute Gasteiger partial charge is 0.141 e. The predicted molar refractivity (Wildman–Crippen MR) is 81.2 cm³/mol. The molecule has 1 N–H and O–H groups in total. The average molecular weight is 286 g/mol. The van der Waals surface area contributed by atoms with E-state index in [1.165, 1.54) is 38.2 Å². The van der Waals surface area contributed by atoms with E-state index in [1.54, 1.807) is 12.1 Å². The van der Waals surface area contributed by atoms with Crippen molar-refractivity contribution in [3.8, 4) is 0 Å². The molecule has 0 aliphatic carbocycles. The number of hydrogen-bond donors (Lipinski definition) is 1. The zero-order valence-electron chi connectivity index (χ0n) is 12.2. The monoisotopic (exact) mass is 285 g/mol. The van der Waals surface area contributed by atoms with Crippen LogP contribution in [0.3, 0.4) is 0 Å². The molecule has 108 valence electrons. The number of nitrogens with one attached hydrogen (secondary N) is 1. The van der Waals surface area contributed by atoms with E-state index in [2.05, 4.69) is 26.1 Å². The zero-order valence-corrected chi connectivity index (χ0v) is 12.9. The first-order valence-corrected chi connectivity index (χ1v) is 7.63. The van der Waals surface area contributed by atoms with Gasteiger partial charge in [0.25, 0.3) is 0 Å². The molecule has 0 aromatic heterocycles. The molecule has 1 nitrogen and oxygen atoms in total. The topological polar surface area (TPSA) is 12.0 Å². The first-order chi connectivity index (χ1) is 9.04. The standard InChI is InChI=1S/C16H25ClFN/c1-4-5-6-7-8-12(2)19-13(3)14-9-10-16(18)15(17)11-14/h9-13,19H,4-8H2,1-3H3. The Bertz CT molecular complexity index is 381. The minimum Gasteiger partial charge on any atom is -0.308 e. The molecule has 0 fully saturated rings. The van der Waals surface area contributed by atoms with Crippen LogP contribution in [0.5, 0.6) is 0 Å². The molecule has 2 unspecified atom stereocenters. The van der Waals surface area contributed by atoms with Crippen molar-refractivity contribution in [3.63, 3.8) is 0 Å². The summed E-state index contributed by atoms with van der Waals surface area (Å²) in [5.41, 5.74) is 1.03. The Morgan fingerprint density at radius 1 is 1.21 bits per heavy atom. The van der Waals surface area contributed by atoms with Crippen LogP contribution in [-0.2, 0) is 0 Å². The highest BCUT2D eigenvalue weighted by molar-refractivity contribution is 6.30. The van der Waals surface area contributed by atoms with Gasteiger partial charge in [-0.05, 0) is 38.0 Å². The summed E-state index contributed by atoms with van der Waals surface area (Å²) < 4.78 is 13.1. The van der Waals surface area contributed by atoms with Gasteiger partial charge in [-0.15, -0.1) is 0 Å². The summed E-state index contributed by atoms with van der Waals surface area (Å²) in [6, 6.07) is 5.60. The molecule has 3 heteroatoms. The minimum atomic E-state index is -0.356. The van der Waals surface area contributed by atoms with Crippen molar-refractivity contribution in [1.82, 2.24) is 5.32 Å². The lowest BCUT2D eigenvalue weighted by Crippen LogP contribution is -2.28. The predicted octanol–water partition coefficient (Wildman–Crippen LogP) is 5.49. The number of unbranched alkanes of at least 4 members (excludes halogenated alkanes) is 3. The highest BCUT2D eigenvalue weighted by Crippen LogP contribution is 2.21. The largest absolute Gasteiger partial charge is 0.308 e. The van der Waals surface area contributed by atoms with Crippen molar-refractivity contribution in [2.75, 3.05) is 0 Å². The fourth-order valence-electron chi connectivity index (χ4n) is 2.27. The average Bonchev–Trinajstić information content (AvgIpc) is 2.38. The second-order valence-corrected chi connectivity index (χ2v) is 5.72. The van der Waals surface area contributed by atoms with Crippen LogP contribution in [0.2, 0.25) is 5.02 Å². The van der Waals surface area contributed by atoms with E-state index >= 15 is 0 Å². The quantitative estimate of drug-likeness (QED) is 0.623. The van der Waals surface area contributed by atoms with E-state index < -0.39 is 0 Å². The maximum atomic E-state index is 13.1. The van der Waals surface area contributed by atoms with Crippen LogP contribution < -0.4 is 5.32 Å². The highest BCUT2D eigenvalue weighted by Gasteiger charge is 2.11. The van der Waals surface area contributed by atoms with E-state index in [4.69, 9.17) is 11.6 Å². The molecular formula is C16H25ClFN. The highest BCUT2D eigenvalue weighted by atomic mass is 35.5. The molecule has 0 spiro atoms. The van der Waals surface area contributed by atoms with Gasteiger partial charge in [-0.25, -0.2) is 4.39 Å². The first-order valence-electron chi connectivity index (χ1n) is 7.25. The molecular weight excluding hydrogens is 261 g/mol. The summed E-state index contributed by atoms with van der Waals surface area (Å²) >= 11 is 5.81. The van der Waals surface area contributed by atoms with Gasteiger partial charge < -0.3 is 5.32 Å². The van der Waals surface area contributed by atoms with Crippen LogP contribution in [0, 0.1) is 5.82 Å². The third kappa shape index (κ3) is 5.92. The summed E-state index contributed by atoms with van der Waals surface area (Å²) in [7, 11) is 0. The van der Waals surface area contributed by atoms with Crippen LogP contribution in [0.4, 0.5) is 4.39 Å². The van der Waals surface area contributed by atoms with Gasteiger partial charge >= 0.3 is 0 Å². The molecule has 0 heterocycles. The molecule has 1 aromatic rings. The molecule has 0 saturated heterocycles. The third-order valence-electron chi connectivity index (χ3n) is 3.47. The molecule has 0 radical (unpaired) electrons. The molecule has 0 aliphatic heterocycles. The zero-order chi connectivity index (χ0) is 14.3. The summed E-state index contributed by atoms with van der Waals surface area (Å²) in [6.45, 7) is 6.52. The van der Waals surface area contributed by atoms with Crippen molar-refractivity contribution in [3.05, 3.63) is 34.6 Å². The Hall–Kier alpha value is -0.600. The molecule has 0 saturated carbocycles. The normalized spacial score (nSPS) is 14.4. The van der Waals surface area contributed by atoms with E-state index in [9.17, 15) is 4.39 Å². The van der Waals surface area contributed by atoms with Crippen LogP contribution in [0.15, 0.2) is 18.2 Å². The van der Waals surface area contributed by atoms with E-state index in [-0.39, 0.29) is 16.9 Å². The molecule has 0 amide bonds. The third-order valence-corrected chi connectivity index (χ3v) is 3.76. The van der Waals surface area contributed by atoms with Gasteiger partial charge in [-0.2, -0.15) is 0 Å². The van der Waals surface area contributed by atoms with Crippen molar-refractivity contribution in [2.45, 2.75) is 65.0 Å². The minimum absolute atomic E-state index is 0.194. The Balaban J connectivity index is 2.40. The molecule has 1 rings (SSSR count). The second kappa shape index (κ2) is 8.55. The van der Waals surface area contributed by atoms with Gasteiger partial charge in [0.1, 0.15) is 5.82 Å². The fraction of sp³-hybridized carbons (Fsp3) is 0.625. The lowest BCUT2D eigenvalue weighted by Gasteiger charge is -2.20. The first kappa shape index (κ1) is 16.5. The van der Waals surface area contributed by atoms with Crippen LogP contribution in [-0.4, -0.2) is 6.04 Å². The summed E-state index contributed by atoms with van der Waals surface area (Å²) in [5.74, 6) is -0.356. The van der Waals surface area contributed by atoms with Crippen LogP contribution in [0.1, 0.15) is 64.5 Å². The lowest BCUT2D eigenvalue weighted by molar-refractivity contribution is 0.437. The number of hydrogen-bond acceptors (Lipinski definition) is 1. The molecule has 0 aliphatic rings. The van der Waals surface area contributed by atoms with Crippen LogP contribution >= 0.6 is 11.6 Å². The fourth-order valence-corrected chi connectivity index (χ4v) is 2.45. The van der Waals surface area contributed by atoms with Gasteiger partial charge in [0.15, 0.2) is 0 Å². The number of halogens is 2. The van der Waals surface area contributed by atoms with Crippen molar-refractivity contribution in [1.29, 1.82) is 0 Å². The molecule has 0 bridgehead atoms. The van der Waals surface area contributed by atoms with Crippen molar-refractivity contribution >= 4 is 11.6 Å². The lowest BCUT2D eigenvalue weighted by atomic mass is 10.0. The summed E-state index contributed by atoms with van der Waals surface area (Å²) in [4.78, 5) is 0. The van der Waals surface area contributed by atoms with Crippen LogP contribution in [0.25, 0.3) is 0 Å². The SMILES string of the molecule is CCCCCCC(C)NC(C)c1ccc(F)c(Cl)c1. The Morgan fingerprint density at radius 3 is 2.58 bits per heavy atom. The van der Waals surface area contributed by atoms with Gasteiger partial charge in [0, 0.05) is 12.1 Å². The van der Waals surface area contributed by atoms with Crippen molar-refractivity contribution < 1.29 is 4.39 Å². The number of rotatable bonds is 8. The summed E-state index contributed by atoms with van der Waals surface area (Å²) in [6.07, 6.45) is 6.33. The Labute approximate surface area is 121 Å². The summed E-state index contributed by atoms with van der Waals surface area (Å²) in [5, 5.41) is 3.73. The van der Waals surface area contributed by atoms with E-state index in [1.807, 2.05) is 0 Å². The van der Waals surface area contributed by atoms with Gasteiger partial charge in [-0.3, -0.25) is 0 Å².